The Labute approximate surface area is 218 Å². The molecule has 3 heterocycles. The van der Waals surface area contributed by atoms with E-state index in [1.54, 1.807) is 46.1 Å². The molecule has 4 aromatic rings. The van der Waals surface area contributed by atoms with Gasteiger partial charge in [0.15, 0.2) is 5.13 Å². The van der Waals surface area contributed by atoms with Crippen LogP contribution in [0.3, 0.4) is 0 Å². The predicted molar refractivity (Wildman–Crippen MR) is 139 cm³/mol. The summed E-state index contributed by atoms with van der Waals surface area (Å²) in [6, 6.07) is 12.8. The number of carbonyl (C=O) groups excluding carboxylic acids is 1. The van der Waals surface area contributed by atoms with E-state index in [-0.39, 0.29) is 35.3 Å². The van der Waals surface area contributed by atoms with E-state index >= 15 is 0 Å². The molecular formula is C25H26FN5O4S2. The van der Waals surface area contributed by atoms with Crippen LogP contribution in [-0.2, 0) is 21.4 Å². The van der Waals surface area contributed by atoms with Crippen molar-refractivity contribution in [2.24, 2.45) is 5.92 Å². The Morgan fingerprint density at radius 3 is 2.57 bits per heavy atom. The maximum absolute atomic E-state index is 14.3. The van der Waals surface area contributed by atoms with E-state index in [1.807, 2.05) is 6.20 Å². The molecule has 2 aromatic heterocycles. The number of ether oxygens (including phenoxy) is 1. The van der Waals surface area contributed by atoms with Crippen LogP contribution in [0.5, 0.6) is 5.75 Å². The third kappa shape index (κ3) is 5.22. The zero-order chi connectivity index (χ0) is 26.0. The van der Waals surface area contributed by atoms with Crippen LogP contribution in [0.15, 0.2) is 65.8 Å². The van der Waals surface area contributed by atoms with Gasteiger partial charge in [-0.3, -0.25) is 14.4 Å². The summed E-state index contributed by atoms with van der Waals surface area (Å²) in [7, 11) is -2.16. The minimum absolute atomic E-state index is 0.145. The van der Waals surface area contributed by atoms with E-state index in [9.17, 15) is 17.6 Å². The van der Waals surface area contributed by atoms with Crippen molar-refractivity contribution >= 4 is 42.6 Å². The van der Waals surface area contributed by atoms with Gasteiger partial charge >= 0.3 is 0 Å². The van der Waals surface area contributed by atoms with Gasteiger partial charge in [0.1, 0.15) is 17.1 Å². The summed E-state index contributed by atoms with van der Waals surface area (Å²) in [4.78, 5) is 19.9. The predicted octanol–water partition coefficient (Wildman–Crippen LogP) is 3.77. The maximum atomic E-state index is 14.3. The van der Waals surface area contributed by atoms with Crippen LogP contribution in [-0.4, -0.2) is 60.1 Å². The number of anilines is 1. The lowest BCUT2D eigenvalue weighted by molar-refractivity contribution is -0.123. The van der Waals surface area contributed by atoms with E-state index in [2.05, 4.69) is 10.1 Å². The summed E-state index contributed by atoms with van der Waals surface area (Å²) in [6.07, 6.45) is 4.24. The second-order valence-electron chi connectivity index (χ2n) is 8.70. The van der Waals surface area contributed by atoms with Gasteiger partial charge in [0.2, 0.25) is 15.9 Å². The molecule has 9 nitrogen and oxygen atoms in total. The Hall–Kier alpha value is -3.35. The SMILES string of the molecule is COc1ccc(S(=O)(=O)N2CCC(C(=O)N(CCn3cccn3)c3nc4c(F)cccc4s3)CC2)cc1. The van der Waals surface area contributed by atoms with E-state index in [0.29, 0.717) is 41.5 Å². The second-order valence-corrected chi connectivity index (χ2v) is 11.6. The first-order valence-corrected chi connectivity index (χ1v) is 14.1. The van der Waals surface area contributed by atoms with Gasteiger partial charge in [-0.15, -0.1) is 0 Å². The lowest BCUT2D eigenvalue weighted by atomic mass is 9.96. The van der Waals surface area contributed by atoms with E-state index in [4.69, 9.17) is 4.74 Å². The largest absolute Gasteiger partial charge is 0.497 e. The van der Waals surface area contributed by atoms with Crippen molar-refractivity contribution in [1.29, 1.82) is 0 Å². The van der Waals surface area contributed by atoms with Gasteiger partial charge in [-0.05, 0) is 55.3 Å². The Morgan fingerprint density at radius 2 is 1.92 bits per heavy atom. The number of nitrogens with zero attached hydrogens (tertiary/aromatic N) is 5. The summed E-state index contributed by atoms with van der Waals surface area (Å²) < 4.78 is 49.5. The van der Waals surface area contributed by atoms with Crippen molar-refractivity contribution in [3.8, 4) is 5.75 Å². The molecule has 2 aromatic carbocycles. The molecule has 0 N–H and O–H groups in total. The second kappa shape index (κ2) is 10.6. The quantitative estimate of drug-likeness (QED) is 0.336. The number of hydrogen-bond donors (Lipinski definition) is 0. The van der Waals surface area contributed by atoms with Crippen molar-refractivity contribution in [3.63, 3.8) is 0 Å². The highest BCUT2D eigenvalue weighted by molar-refractivity contribution is 7.89. The molecule has 0 radical (unpaired) electrons. The fraction of sp³-hybridized carbons (Fsp3) is 0.320. The van der Waals surface area contributed by atoms with E-state index in [0.717, 1.165) is 0 Å². The van der Waals surface area contributed by atoms with Crippen LogP contribution >= 0.6 is 11.3 Å². The number of fused-ring (bicyclic) bond motifs is 1. The molecule has 0 bridgehead atoms. The number of para-hydroxylation sites is 1. The Kier molecular flexibility index (Phi) is 7.22. The molecular weight excluding hydrogens is 517 g/mol. The number of amides is 1. The van der Waals surface area contributed by atoms with Crippen molar-refractivity contribution < 1.29 is 22.3 Å². The lowest BCUT2D eigenvalue weighted by Crippen LogP contribution is -2.45. The van der Waals surface area contributed by atoms with Crippen LogP contribution in [0.2, 0.25) is 0 Å². The van der Waals surface area contributed by atoms with E-state index < -0.39 is 15.8 Å². The molecule has 1 saturated heterocycles. The number of piperidine rings is 1. The fourth-order valence-electron chi connectivity index (χ4n) is 4.41. The van der Waals surface area contributed by atoms with Gasteiger partial charge in [0, 0.05) is 37.9 Å². The summed E-state index contributed by atoms with van der Waals surface area (Å²) in [5.41, 5.74) is 0.236. The highest BCUT2D eigenvalue weighted by Crippen LogP contribution is 2.33. The first-order chi connectivity index (χ1) is 17.9. The number of hydrogen-bond acceptors (Lipinski definition) is 7. The third-order valence-electron chi connectivity index (χ3n) is 6.47. The Morgan fingerprint density at radius 1 is 1.16 bits per heavy atom. The summed E-state index contributed by atoms with van der Waals surface area (Å²) >= 11 is 1.26. The first-order valence-electron chi connectivity index (χ1n) is 11.8. The molecule has 1 amide bonds. The van der Waals surface area contributed by atoms with Gasteiger partial charge in [0.25, 0.3) is 0 Å². The van der Waals surface area contributed by atoms with Crippen LogP contribution in [0.25, 0.3) is 10.2 Å². The highest BCUT2D eigenvalue weighted by Gasteiger charge is 2.35. The van der Waals surface area contributed by atoms with Crippen molar-refractivity contribution in [2.45, 2.75) is 24.3 Å². The zero-order valence-electron chi connectivity index (χ0n) is 20.2. The molecule has 12 heteroatoms. The highest BCUT2D eigenvalue weighted by atomic mass is 32.2. The minimum Gasteiger partial charge on any atom is -0.497 e. The molecule has 1 aliphatic heterocycles. The van der Waals surface area contributed by atoms with Crippen molar-refractivity contribution in [1.82, 2.24) is 19.1 Å². The molecule has 37 heavy (non-hydrogen) atoms. The molecule has 0 saturated carbocycles. The lowest BCUT2D eigenvalue weighted by Gasteiger charge is -2.33. The number of aromatic nitrogens is 3. The number of benzene rings is 2. The van der Waals surface area contributed by atoms with E-state index in [1.165, 1.54) is 41.0 Å². The number of carbonyl (C=O) groups is 1. The first kappa shape index (κ1) is 25.3. The Bertz CT molecular complexity index is 1480. The average molecular weight is 544 g/mol. The number of thiazole rings is 1. The maximum Gasteiger partial charge on any atom is 0.243 e. The van der Waals surface area contributed by atoms with Gasteiger partial charge in [-0.2, -0.15) is 9.40 Å². The minimum atomic E-state index is -3.68. The summed E-state index contributed by atoms with van der Waals surface area (Å²) in [5, 5.41) is 4.63. The molecule has 194 valence electrons. The van der Waals surface area contributed by atoms with Crippen LogP contribution in [0.4, 0.5) is 9.52 Å². The fourth-order valence-corrected chi connectivity index (χ4v) is 6.90. The van der Waals surface area contributed by atoms with Crippen LogP contribution in [0, 0.1) is 11.7 Å². The smallest absolute Gasteiger partial charge is 0.243 e. The van der Waals surface area contributed by atoms with Crippen molar-refractivity contribution in [2.75, 3.05) is 31.6 Å². The molecule has 5 rings (SSSR count). The number of sulfonamides is 1. The van der Waals surface area contributed by atoms with Gasteiger partial charge in [-0.1, -0.05) is 17.4 Å². The monoisotopic (exact) mass is 543 g/mol. The molecule has 0 spiro atoms. The third-order valence-corrected chi connectivity index (χ3v) is 9.42. The van der Waals surface area contributed by atoms with Gasteiger partial charge < -0.3 is 4.74 Å². The summed E-state index contributed by atoms with van der Waals surface area (Å²) in [5.74, 6) is -0.380. The molecule has 1 aliphatic rings. The number of rotatable bonds is 8. The normalized spacial score (nSPS) is 15.2. The zero-order valence-corrected chi connectivity index (χ0v) is 21.8. The summed E-state index contributed by atoms with van der Waals surface area (Å²) in [6.45, 7) is 1.21. The van der Waals surface area contributed by atoms with Gasteiger partial charge in [-0.25, -0.2) is 17.8 Å². The standard InChI is InChI=1S/C25H26FN5O4S2/c1-35-19-6-8-20(9-7-19)37(33,34)30-14-10-18(11-15-30)24(32)31(17-16-29-13-3-12-27-29)25-28-23-21(26)4-2-5-22(23)36-25/h2-9,12-13,18H,10-11,14-17H2,1H3. The number of halogens is 1. The average Bonchev–Trinajstić information content (AvgIpc) is 3.60. The Balaban J connectivity index is 1.33. The number of methoxy groups -OCH3 is 1. The van der Waals surface area contributed by atoms with Crippen LogP contribution in [0.1, 0.15) is 12.8 Å². The topological polar surface area (TPSA) is 97.6 Å². The molecule has 0 aliphatic carbocycles. The van der Waals surface area contributed by atoms with Crippen molar-refractivity contribution in [3.05, 3.63) is 66.7 Å². The van der Waals surface area contributed by atoms with Gasteiger partial charge in [0.05, 0.1) is 23.2 Å². The molecule has 1 fully saturated rings. The molecule has 0 unspecified atom stereocenters. The molecule has 0 atom stereocenters. The van der Waals surface area contributed by atoms with Crippen LogP contribution < -0.4 is 9.64 Å².